The first-order valence-corrected chi connectivity index (χ1v) is 6.54. The van der Waals surface area contributed by atoms with Gasteiger partial charge in [-0.25, -0.2) is 0 Å². The van der Waals surface area contributed by atoms with Gasteiger partial charge in [0.25, 0.3) is 0 Å². The van der Waals surface area contributed by atoms with E-state index in [2.05, 4.69) is 20.8 Å². The van der Waals surface area contributed by atoms with Crippen molar-refractivity contribution in [2.75, 3.05) is 13.2 Å². The summed E-state index contributed by atoms with van der Waals surface area (Å²) < 4.78 is 1.63. The normalized spacial score (nSPS) is 11.8. The molecule has 0 unspecified atom stereocenters. The lowest BCUT2D eigenvalue weighted by Gasteiger charge is -2.29. The molecule has 1 aromatic heterocycles. The molecule has 0 saturated heterocycles. The molecule has 0 amide bonds. The van der Waals surface area contributed by atoms with Crippen LogP contribution in [0.2, 0.25) is 0 Å². The maximum Gasteiger partial charge on any atom is 0.170 e. The molecule has 0 fully saturated rings. The average molecular weight is 277 g/mol. The maximum absolute atomic E-state index is 9.41. The third kappa shape index (κ3) is 3.01. The van der Waals surface area contributed by atoms with E-state index in [9.17, 15) is 10.2 Å². The molecule has 1 aromatic carbocycles. The Kier molecular flexibility index (Phi) is 4.78. The number of aliphatic hydroxyl groups excluding tert-OH is 2. The largest absolute Gasteiger partial charge is 0.394 e. The van der Waals surface area contributed by atoms with Crippen molar-refractivity contribution in [2.24, 2.45) is 0 Å². The zero-order chi connectivity index (χ0) is 14.4. The van der Waals surface area contributed by atoms with Gasteiger partial charge in [-0.15, -0.1) is 5.10 Å². The Morgan fingerprint density at radius 3 is 2.50 bits per heavy atom. The van der Waals surface area contributed by atoms with Gasteiger partial charge in [0.05, 0.1) is 31.0 Å². The van der Waals surface area contributed by atoms with E-state index in [0.29, 0.717) is 18.8 Å². The summed E-state index contributed by atoms with van der Waals surface area (Å²) in [7, 11) is 0. The van der Waals surface area contributed by atoms with E-state index < -0.39 is 5.54 Å². The molecule has 0 aliphatic rings. The van der Waals surface area contributed by atoms with Crippen LogP contribution in [0, 0.1) is 0 Å². The molecule has 0 atom stereocenters. The zero-order valence-electron chi connectivity index (χ0n) is 11.4. The van der Waals surface area contributed by atoms with Crippen LogP contribution in [0.15, 0.2) is 30.3 Å². The summed E-state index contributed by atoms with van der Waals surface area (Å²) in [6, 6.07) is 9.56. The monoisotopic (exact) mass is 277 g/mol. The Balaban J connectivity index is 2.14. The fourth-order valence-electron chi connectivity index (χ4n) is 1.86. The maximum atomic E-state index is 9.41. The van der Waals surface area contributed by atoms with Crippen LogP contribution in [0.1, 0.15) is 19.2 Å². The molecule has 0 bridgehead atoms. The number of rotatable bonds is 7. The van der Waals surface area contributed by atoms with Gasteiger partial charge in [-0.2, -0.15) is 4.68 Å². The van der Waals surface area contributed by atoms with Crippen molar-refractivity contribution in [1.29, 1.82) is 0 Å². The highest BCUT2D eigenvalue weighted by molar-refractivity contribution is 5.30. The summed E-state index contributed by atoms with van der Waals surface area (Å²) in [5.41, 5.74) is 0.150. The van der Waals surface area contributed by atoms with Crippen LogP contribution in [0.4, 0.5) is 0 Å². The second-order valence-corrected chi connectivity index (χ2v) is 4.65. The fourth-order valence-corrected chi connectivity index (χ4v) is 1.86. The highest BCUT2D eigenvalue weighted by Crippen LogP contribution is 2.11. The van der Waals surface area contributed by atoms with Gasteiger partial charge in [0, 0.05) is 0 Å². The average Bonchev–Trinajstić information content (AvgIpc) is 2.99. The Morgan fingerprint density at radius 1 is 1.20 bits per heavy atom. The van der Waals surface area contributed by atoms with Crippen molar-refractivity contribution in [2.45, 2.75) is 25.4 Å². The Labute approximate surface area is 117 Å². The number of para-hydroxylation sites is 1. The van der Waals surface area contributed by atoms with Gasteiger partial charge in [0.1, 0.15) is 0 Å². The summed E-state index contributed by atoms with van der Waals surface area (Å²) in [6.45, 7) is 1.97. The molecule has 0 saturated carbocycles. The third-order valence-corrected chi connectivity index (χ3v) is 3.44. The smallest absolute Gasteiger partial charge is 0.170 e. The molecule has 2 aromatic rings. The van der Waals surface area contributed by atoms with Crippen molar-refractivity contribution >= 4 is 0 Å². The van der Waals surface area contributed by atoms with E-state index in [0.717, 1.165) is 5.69 Å². The quantitative estimate of drug-likeness (QED) is 0.653. The van der Waals surface area contributed by atoms with Crippen LogP contribution in [0.25, 0.3) is 5.69 Å². The predicted octanol–water partition coefficient (Wildman–Crippen LogP) is -0.115. The molecule has 20 heavy (non-hydrogen) atoms. The number of nitrogens with zero attached hydrogens (tertiary/aromatic N) is 4. The molecule has 0 aliphatic heterocycles. The van der Waals surface area contributed by atoms with Crippen LogP contribution >= 0.6 is 0 Å². The molecular formula is C13H19N5O2. The summed E-state index contributed by atoms with van der Waals surface area (Å²) in [5.74, 6) is 0.621. The lowest BCUT2D eigenvalue weighted by Crippen LogP contribution is -2.51. The minimum atomic E-state index is -0.715. The molecule has 7 nitrogen and oxygen atoms in total. The summed E-state index contributed by atoms with van der Waals surface area (Å²) in [5, 5.41) is 33.6. The topological polar surface area (TPSA) is 96.1 Å². The number of tetrazole rings is 1. The van der Waals surface area contributed by atoms with E-state index in [4.69, 9.17) is 0 Å². The van der Waals surface area contributed by atoms with Crippen LogP contribution in [-0.4, -0.2) is 49.2 Å². The van der Waals surface area contributed by atoms with Crippen molar-refractivity contribution in [3.8, 4) is 5.69 Å². The molecular weight excluding hydrogens is 258 g/mol. The number of benzene rings is 1. The molecule has 1 heterocycles. The van der Waals surface area contributed by atoms with Gasteiger partial charge in [0.15, 0.2) is 5.82 Å². The second kappa shape index (κ2) is 6.56. The molecule has 108 valence electrons. The highest BCUT2D eigenvalue weighted by atomic mass is 16.3. The minimum Gasteiger partial charge on any atom is -0.394 e. The Hall–Kier alpha value is -1.83. The zero-order valence-corrected chi connectivity index (χ0v) is 11.4. The van der Waals surface area contributed by atoms with Gasteiger partial charge in [-0.3, -0.25) is 0 Å². The van der Waals surface area contributed by atoms with Crippen molar-refractivity contribution in [1.82, 2.24) is 25.5 Å². The van der Waals surface area contributed by atoms with Crippen LogP contribution in [-0.2, 0) is 6.54 Å². The number of hydrogen-bond acceptors (Lipinski definition) is 6. The van der Waals surface area contributed by atoms with Crippen LogP contribution in [0.3, 0.4) is 0 Å². The highest BCUT2D eigenvalue weighted by Gasteiger charge is 2.26. The summed E-state index contributed by atoms with van der Waals surface area (Å²) >= 11 is 0. The second-order valence-electron chi connectivity index (χ2n) is 4.65. The van der Waals surface area contributed by atoms with Crippen LogP contribution < -0.4 is 5.32 Å². The summed E-state index contributed by atoms with van der Waals surface area (Å²) in [4.78, 5) is 0. The Morgan fingerprint density at radius 2 is 1.90 bits per heavy atom. The molecule has 2 rings (SSSR count). The van der Waals surface area contributed by atoms with Gasteiger partial charge in [-0.05, 0) is 29.0 Å². The fraction of sp³-hybridized carbons (Fsp3) is 0.462. The number of aromatic nitrogens is 4. The first kappa shape index (κ1) is 14.6. The molecule has 0 radical (unpaired) electrons. The Bertz CT molecular complexity index is 516. The van der Waals surface area contributed by atoms with Crippen molar-refractivity contribution in [3.05, 3.63) is 36.2 Å². The molecule has 3 N–H and O–H groups in total. The number of nitrogens with one attached hydrogen (secondary N) is 1. The third-order valence-electron chi connectivity index (χ3n) is 3.44. The predicted molar refractivity (Wildman–Crippen MR) is 73.2 cm³/mol. The van der Waals surface area contributed by atoms with Gasteiger partial charge < -0.3 is 15.5 Å². The lowest BCUT2D eigenvalue weighted by molar-refractivity contribution is 0.0856. The van der Waals surface area contributed by atoms with Crippen LogP contribution in [0.5, 0.6) is 0 Å². The first-order chi connectivity index (χ1) is 9.74. The van der Waals surface area contributed by atoms with E-state index in [1.807, 2.05) is 37.3 Å². The molecule has 7 heteroatoms. The van der Waals surface area contributed by atoms with Crippen molar-refractivity contribution < 1.29 is 10.2 Å². The van der Waals surface area contributed by atoms with E-state index in [-0.39, 0.29) is 13.2 Å². The summed E-state index contributed by atoms with van der Waals surface area (Å²) in [6.07, 6.45) is 0.604. The number of hydrogen-bond donors (Lipinski definition) is 3. The van der Waals surface area contributed by atoms with Gasteiger partial charge in [-0.1, -0.05) is 25.1 Å². The van der Waals surface area contributed by atoms with Gasteiger partial charge in [0.2, 0.25) is 0 Å². The van der Waals surface area contributed by atoms with E-state index in [1.165, 1.54) is 0 Å². The lowest BCUT2D eigenvalue weighted by atomic mass is 9.98. The van der Waals surface area contributed by atoms with Crippen molar-refractivity contribution in [3.63, 3.8) is 0 Å². The molecule has 0 spiro atoms. The SMILES string of the molecule is CCC(CO)(CO)NCc1nnnn1-c1ccccc1. The minimum absolute atomic E-state index is 0.146. The standard InChI is InChI=1S/C13H19N5O2/c1-2-13(9-19,10-20)14-8-12-15-16-17-18(12)11-6-4-3-5-7-11/h3-7,14,19-20H,2,8-10H2,1H3. The first-order valence-electron chi connectivity index (χ1n) is 6.54. The van der Waals surface area contributed by atoms with Gasteiger partial charge >= 0.3 is 0 Å². The van der Waals surface area contributed by atoms with E-state index >= 15 is 0 Å². The number of aliphatic hydroxyl groups is 2. The van der Waals surface area contributed by atoms with E-state index in [1.54, 1.807) is 4.68 Å². The molecule has 0 aliphatic carbocycles.